The van der Waals surface area contributed by atoms with Gasteiger partial charge in [0.15, 0.2) is 0 Å². The number of anilines is 1. The standard InChI is InChI=1S/C22H18N2O3/c1-16-7-10-21(27-16)13-18(14-23)22(25)24-19-8-11-20(12-9-19)26-15-17-5-3-2-4-6-17/h2-13H,15H2,1H3,(H,24,25)/b18-13+. The highest BCUT2D eigenvalue weighted by Crippen LogP contribution is 2.18. The summed E-state index contributed by atoms with van der Waals surface area (Å²) >= 11 is 0. The largest absolute Gasteiger partial charge is 0.489 e. The summed E-state index contributed by atoms with van der Waals surface area (Å²) in [5.41, 5.74) is 1.62. The Hall–Kier alpha value is -3.78. The first-order valence-corrected chi connectivity index (χ1v) is 8.40. The van der Waals surface area contributed by atoms with Crippen LogP contribution in [-0.4, -0.2) is 5.91 Å². The second-order valence-corrected chi connectivity index (χ2v) is 5.87. The summed E-state index contributed by atoms with van der Waals surface area (Å²) in [7, 11) is 0. The zero-order chi connectivity index (χ0) is 19.1. The molecule has 1 amide bonds. The van der Waals surface area contributed by atoms with E-state index in [1.807, 2.05) is 36.4 Å². The molecule has 2 aromatic carbocycles. The lowest BCUT2D eigenvalue weighted by Gasteiger charge is -2.08. The highest BCUT2D eigenvalue weighted by molar-refractivity contribution is 6.09. The molecule has 3 aromatic rings. The third kappa shape index (κ3) is 5.10. The van der Waals surface area contributed by atoms with Gasteiger partial charge in [0.25, 0.3) is 5.91 Å². The molecule has 0 saturated heterocycles. The van der Waals surface area contributed by atoms with Crippen LogP contribution in [0.1, 0.15) is 17.1 Å². The van der Waals surface area contributed by atoms with Crippen molar-refractivity contribution < 1.29 is 13.9 Å². The molecule has 0 atom stereocenters. The molecule has 1 aromatic heterocycles. The van der Waals surface area contributed by atoms with Gasteiger partial charge in [0.05, 0.1) is 0 Å². The van der Waals surface area contributed by atoms with Gasteiger partial charge in [-0.3, -0.25) is 4.79 Å². The summed E-state index contributed by atoms with van der Waals surface area (Å²) in [5, 5.41) is 11.9. The van der Waals surface area contributed by atoms with E-state index in [9.17, 15) is 10.1 Å². The Labute approximate surface area is 157 Å². The minimum atomic E-state index is -0.496. The molecule has 5 heteroatoms. The summed E-state index contributed by atoms with van der Waals surface area (Å²) in [6, 6.07) is 22.2. The van der Waals surface area contributed by atoms with Crippen molar-refractivity contribution in [3.63, 3.8) is 0 Å². The lowest BCUT2D eigenvalue weighted by Crippen LogP contribution is -2.13. The number of nitrogens with one attached hydrogen (secondary N) is 1. The molecule has 0 unspecified atom stereocenters. The number of benzene rings is 2. The fourth-order valence-electron chi connectivity index (χ4n) is 2.40. The molecule has 0 aliphatic rings. The van der Waals surface area contributed by atoms with E-state index in [4.69, 9.17) is 9.15 Å². The van der Waals surface area contributed by atoms with Crippen molar-refractivity contribution in [3.05, 3.63) is 89.4 Å². The van der Waals surface area contributed by atoms with Gasteiger partial charge in [-0.05, 0) is 48.9 Å². The number of furan rings is 1. The molecule has 134 valence electrons. The molecule has 3 rings (SSSR count). The lowest BCUT2D eigenvalue weighted by molar-refractivity contribution is -0.112. The van der Waals surface area contributed by atoms with E-state index in [0.29, 0.717) is 29.6 Å². The Kier molecular flexibility index (Phi) is 5.70. The van der Waals surface area contributed by atoms with Crippen LogP contribution in [0.2, 0.25) is 0 Å². The van der Waals surface area contributed by atoms with E-state index in [2.05, 4.69) is 5.32 Å². The number of amides is 1. The van der Waals surface area contributed by atoms with Gasteiger partial charge >= 0.3 is 0 Å². The topological polar surface area (TPSA) is 75.3 Å². The van der Waals surface area contributed by atoms with Gasteiger partial charge in [-0.2, -0.15) is 5.26 Å². The summed E-state index contributed by atoms with van der Waals surface area (Å²) < 4.78 is 11.1. The van der Waals surface area contributed by atoms with E-state index >= 15 is 0 Å². The monoisotopic (exact) mass is 358 g/mol. The van der Waals surface area contributed by atoms with Crippen LogP contribution in [0.15, 0.2) is 76.7 Å². The molecular formula is C22H18N2O3. The van der Waals surface area contributed by atoms with Crippen LogP contribution in [-0.2, 0) is 11.4 Å². The van der Waals surface area contributed by atoms with Crippen LogP contribution in [0.4, 0.5) is 5.69 Å². The summed E-state index contributed by atoms with van der Waals surface area (Å²) in [6.45, 7) is 2.27. The van der Waals surface area contributed by atoms with Crippen molar-refractivity contribution in [2.45, 2.75) is 13.5 Å². The zero-order valence-electron chi connectivity index (χ0n) is 14.8. The molecule has 0 saturated carbocycles. The SMILES string of the molecule is Cc1ccc(/C=C(\C#N)C(=O)Nc2ccc(OCc3ccccc3)cc2)o1. The first-order chi connectivity index (χ1) is 13.1. The Morgan fingerprint density at radius 1 is 1.11 bits per heavy atom. The van der Waals surface area contributed by atoms with Crippen molar-refractivity contribution in [2.75, 3.05) is 5.32 Å². The predicted molar refractivity (Wildman–Crippen MR) is 103 cm³/mol. The van der Waals surface area contributed by atoms with Gasteiger partial charge in [0.2, 0.25) is 0 Å². The van der Waals surface area contributed by atoms with Crippen LogP contribution in [0.3, 0.4) is 0 Å². The van der Waals surface area contributed by atoms with Crippen LogP contribution in [0, 0.1) is 18.3 Å². The summed E-state index contributed by atoms with van der Waals surface area (Å²) in [4.78, 5) is 12.3. The lowest BCUT2D eigenvalue weighted by atomic mass is 10.2. The van der Waals surface area contributed by atoms with Crippen molar-refractivity contribution in [3.8, 4) is 11.8 Å². The highest BCUT2D eigenvalue weighted by Gasteiger charge is 2.11. The average molecular weight is 358 g/mol. The van der Waals surface area contributed by atoms with E-state index < -0.39 is 5.91 Å². The second-order valence-electron chi connectivity index (χ2n) is 5.87. The second kappa shape index (κ2) is 8.54. The van der Waals surface area contributed by atoms with Crippen molar-refractivity contribution >= 4 is 17.7 Å². The number of hydrogen-bond donors (Lipinski definition) is 1. The molecule has 0 bridgehead atoms. The number of hydrogen-bond acceptors (Lipinski definition) is 4. The smallest absolute Gasteiger partial charge is 0.266 e. The normalized spacial score (nSPS) is 10.9. The van der Waals surface area contributed by atoms with Gasteiger partial charge in [-0.15, -0.1) is 0 Å². The fourth-order valence-corrected chi connectivity index (χ4v) is 2.40. The van der Waals surface area contributed by atoms with Gasteiger partial charge in [0, 0.05) is 11.8 Å². The highest BCUT2D eigenvalue weighted by atomic mass is 16.5. The predicted octanol–water partition coefficient (Wildman–Crippen LogP) is 4.71. The minimum Gasteiger partial charge on any atom is -0.489 e. The Bertz CT molecular complexity index is 980. The van der Waals surface area contributed by atoms with Crippen molar-refractivity contribution in [2.24, 2.45) is 0 Å². The first kappa shape index (κ1) is 18.0. The van der Waals surface area contributed by atoms with Crippen LogP contribution in [0.5, 0.6) is 5.75 Å². The summed E-state index contributed by atoms with van der Waals surface area (Å²) in [5.74, 6) is 1.37. The number of carbonyl (C=O) groups excluding carboxylic acids is 1. The maximum Gasteiger partial charge on any atom is 0.266 e. The maximum absolute atomic E-state index is 12.3. The number of aryl methyl sites for hydroxylation is 1. The van der Waals surface area contributed by atoms with Crippen LogP contribution in [0.25, 0.3) is 6.08 Å². The molecule has 5 nitrogen and oxygen atoms in total. The van der Waals surface area contributed by atoms with Crippen molar-refractivity contribution in [1.82, 2.24) is 0 Å². The quantitative estimate of drug-likeness (QED) is 0.511. The molecule has 0 aliphatic carbocycles. The molecule has 0 radical (unpaired) electrons. The first-order valence-electron chi connectivity index (χ1n) is 8.40. The molecule has 27 heavy (non-hydrogen) atoms. The van der Waals surface area contributed by atoms with Gasteiger partial charge in [-0.25, -0.2) is 0 Å². The maximum atomic E-state index is 12.3. The number of nitriles is 1. The number of nitrogens with zero attached hydrogens (tertiary/aromatic N) is 1. The number of carbonyl (C=O) groups is 1. The van der Waals surface area contributed by atoms with E-state index in [1.165, 1.54) is 6.08 Å². The van der Waals surface area contributed by atoms with E-state index in [1.54, 1.807) is 43.3 Å². The molecule has 1 heterocycles. The summed E-state index contributed by atoms with van der Waals surface area (Å²) in [6.07, 6.45) is 1.42. The third-order valence-electron chi connectivity index (χ3n) is 3.77. The van der Waals surface area contributed by atoms with Gasteiger partial charge < -0.3 is 14.5 Å². The van der Waals surface area contributed by atoms with Crippen LogP contribution >= 0.6 is 0 Å². The molecular weight excluding hydrogens is 340 g/mol. The Morgan fingerprint density at radius 3 is 2.48 bits per heavy atom. The Morgan fingerprint density at radius 2 is 1.85 bits per heavy atom. The van der Waals surface area contributed by atoms with E-state index in [-0.39, 0.29) is 5.57 Å². The van der Waals surface area contributed by atoms with Crippen LogP contribution < -0.4 is 10.1 Å². The molecule has 1 N–H and O–H groups in total. The van der Waals surface area contributed by atoms with E-state index in [0.717, 1.165) is 5.56 Å². The number of rotatable bonds is 6. The molecule has 0 fully saturated rings. The average Bonchev–Trinajstić information content (AvgIpc) is 3.11. The van der Waals surface area contributed by atoms with Crippen molar-refractivity contribution in [1.29, 1.82) is 5.26 Å². The Balaban J connectivity index is 1.61. The third-order valence-corrected chi connectivity index (χ3v) is 3.77. The molecule has 0 aliphatic heterocycles. The molecule has 0 spiro atoms. The van der Waals surface area contributed by atoms with Gasteiger partial charge in [-0.1, -0.05) is 30.3 Å². The zero-order valence-corrected chi connectivity index (χ0v) is 14.8. The van der Waals surface area contributed by atoms with Gasteiger partial charge in [0.1, 0.15) is 35.5 Å². The fraction of sp³-hybridized carbons (Fsp3) is 0.0909. The minimum absolute atomic E-state index is 0.0336. The number of ether oxygens (including phenoxy) is 1.